The summed E-state index contributed by atoms with van der Waals surface area (Å²) in [5.41, 5.74) is 4.14. The summed E-state index contributed by atoms with van der Waals surface area (Å²) >= 11 is 3.37. The largest absolute Gasteiger partial charge is 0.354 e. The van der Waals surface area contributed by atoms with Crippen LogP contribution < -0.4 is 10.2 Å². The van der Waals surface area contributed by atoms with Crippen molar-refractivity contribution in [3.05, 3.63) is 59.5 Å². The molecule has 146 valence electrons. The maximum absolute atomic E-state index is 4.88. The molecule has 0 atom stereocenters. The maximum Gasteiger partial charge on any atom is 0.225 e. The second kappa shape index (κ2) is 8.34. The van der Waals surface area contributed by atoms with Gasteiger partial charge in [0.25, 0.3) is 0 Å². The lowest BCUT2D eigenvalue weighted by Gasteiger charge is -2.28. The van der Waals surface area contributed by atoms with Crippen LogP contribution in [0.2, 0.25) is 0 Å². The molecular weight excluding hydrogens is 400 g/mol. The van der Waals surface area contributed by atoms with Gasteiger partial charge in [-0.1, -0.05) is 40.9 Å². The fraction of sp³-hybridized carbons (Fsp3) is 0.238. The van der Waals surface area contributed by atoms with Crippen molar-refractivity contribution in [2.24, 2.45) is 0 Å². The van der Waals surface area contributed by atoms with Crippen molar-refractivity contribution < 1.29 is 0 Å². The van der Waals surface area contributed by atoms with Crippen LogP contribution >= 0.6 is 23.3 Å². The lowest BCUT2D eigenvalue weighted by Crippen LogP contribution is -2.33. The maximum atomic E-state index is 4.88. The number of benzene rings is 2. The predicted octanol–water partition coefficient (Wildman–Crippen LogP) is 4.31. The van der Waals surface area contributed by atoms with Crippen molar-refractivity contribution >= 4 is 46.0 Å². The second-order valence-electron chi connectivity index (χ2n) is 6.83. The number of hydrogen-bond donors (Lipinski definition) is 1. The van der Waals surface area contributed by atoms with Crippen molar-refractivity contribution in [3.63, 3.8) is 0 Å². The number of nitrogens with zero attached hydrogens (tertiary/aromatic N) is 5. The highest BCUT2D eigenvalue weighted by Gasteiger charge is 2.17. The number of anilines is 2. The summed E-state index contributed by atoms with van der Waals surface area (Å²) in [7, 11) is 0. The van der Waals surface area contributed by atoms with E-state index >= 15 is 0 Å². The van der Waals surface area contributed by atoms with Gasteiger partial charge in [0.05, 0.1) is 5.52 Å². The first-order valence-corrected chi connectivity index (χ1v) is 11.6. The minimum Gasteiger partial charge on any atom is -0.354 e. The molecule has 6 nitrogen and oxygen atoms in total. The molecule has 8 heteroatoms. The molecule has 0 spiro atoms. The van der Waals surface area contributed by atoms with Gasteiger partial charge in [0.15, 0.2) is 0 Å². The fourth-order valence-corrected chi connectivity index (χ4v) is 4.79. The van der Waals surface area contributed by atoms with Crippen LogP contribution in [0.5, 0.6) is 0 Å². The van der Waals surface area contributed by atoms with Gasteiger partial charge in [-0.25, -0.2) is 4.98 Å². The van der Waals surface area contributed by atoms with Crippen LogP contribution in [0, 0.1) is 0 Å². The Morgan fingerprint density at radius 1 is 0.966 bits per heavy atom. The zero-order valence-electron chi connectivity index (χ0n) is 15.8. The molecule has 1 aliphatic heterocycles. The van der Waals surface area contributed by atoms with E-state index in [0.717, 1.165) is 52.6 Å². The molecule has 0 saturated carbocycles. The van der Waals surface area contributed by atoms with Gasteiger partial charge in [-0.2, -0.15) is 16.7 Å². The number of aromatic nitrogens is 4. The van der Waals surface area contributed by atoms with Crippen LogP contribution in [0.25, 0.3) is 22.2 Å². The Hall–Kier alpha value is -2.71. The summed E-state index contributed by atoms with van der Waals surface area (Å²) in [6.45, 7) is 2.72. The first kappa shape index (κ1) is 18.3. The molecule has 0 radical (unpaired) electrons. The molecule has 0 bridgehead atoms. The quantitative estimate of drug-likeness (QED) is 0.516. The van der Waals surface area contributed by atoms with Gasteiger partial charge in [0, 0.05) is 47.5 Å². The van der Waals surface area contributed by atoms with Crippen molar-refractivity contribution in [1.29, 1.82) is 0 Å². The molecule has 4 aromatic rings. The van der Waals surface area contributed by atoms with Crippen molar-refractivity contribution in [2.45, 2.75) is 6.54 Å². The Morgan fingerprint density at radius 2 is 1.79 bits per heavy atom. The van der Waals surface area contributed by atoms with E-state index in [1.54, 1.807) is 0 Å². The van der Waals surface area contributed by atoms with Crippen molar-refractivity contribution in [3.8, 4) is 11.3 Å². The Balaban J connectivity index is 1.37. The topological polar surface area (TPSA) is 66.8 Å². The Bertz CT molecular complexity index is 1090. The highest BCUT2D eigenvalue weighted by Crippen LogP contribution is 2.27. The molecule has 3 heterocycles. The molecule has 29 heavy (non-hydrogen) atoms. The lowest BCUT2D eigenvalue weighted by atomic mass is 10.1. The molecule has 5 rings (SSSR count). The summed E-state index contributed by atoms with van der Waals surface area (Å²) in [6, 6.07) is 16.6. The number of rotatable bonds is 5. The third-order valence-corrected chi connectivity index (χ3v) is 6.40. The SMILES string of the molecule is c1ccc2c(N3CCSCC3)nc(NCc3ccc(-c4csnn4)cc3)nc2c1. The van der Waals surface area contributed by atoms with Gasteiger partial charge < -0.3 is 10.2 Å². The van der Waals surface area contributed by atoms with E-state index < -0.39 is 0 Å². The Morgan fingerprint density at radius 3 is 2.59 bits per heavy atom. The van der Waals surface area contributed by atoms with E-state index in [0.29, 0.717) is 12.5 Å². The lowest BCUT2D eigenvalue weighted by molar-refractivity contribution is 0.841. The van der Waals surface area contributed by atoms with Crippen LogP contribution in [0.4, 0.5) is 11.8 Å². The van der Waals surface area contributed by atoms with E-state index in [9.17, 15) is 0 Å². The van der Waals surface area contributed by atoms with Gasteiger partial charge in [-0.15, -0.1) is 5.10 Å². The van der Waals surface area contributed by atoms with E-state index in [4.69, 9.17) is 9.97 Å². The highest BCUT2D eigenvalue weighted by atomic mass is 32.2. The average Bonchev–Trinajstić information content (AvgIpc) is 3.33. The monoisotopic (exact) mass is 420 g/mol. The summed E-state index contributed by atoms with van der Waals surface area (Å²) in [6.07, 6.45) is 0. The van der Waals surface area contributed by atoms with E-state index in [-0.39, 0.29) is 0 Å². The molecular formula is C21H20N6S2. The molecule has 1 saturated heterocycles. The normalized spacial score (nSPS) is 14.3. The van der Waals surface area contributed by atoms with E-state index in [2.05, 4.69) is 62.3 Å². The molecule has 1 aliphatic rings. The van der Waals surface area contributed by atoms with Crippen molar-refractivity contribution in [1.82, 2.24) is 19.6 Å². The van der Waals surface area contributed by atoms with Gasteiger partial charge in [-0.05, 0) is 29.2 Å². The zero-order chi connectivity index (χ0) is 19.5. The fourth-order valence-electron chi connectivity index (χ4n) is 3.42. The second-order valence-corrected chi connectivity index (χ2v) is 8.66. The van der Waals surface area contributed by atoms with Gasteiger partial charge >= 0.3 is 0 Å². The number of fused-ring (bicyclic) bond motifs is 1. The third kappa shape index (κ3) is 4.04. The first-order chi connectivity index (χ1) is 14.4. The molecule has 1 fully saturated rings. The molecule has 0 unspecified atom stereocenters. The zero-order valence-corrected chi connectivity index (χ0v) is 17.4. The molecule has 1 N–H and O–H groups in total. The summed E-state index contributed by atoms with van der Waals surface area (Å²) in [5, 5.41) is 10.6. The highest BCUT2D eigenvalue weighted by molar-refractivity contribution is 7.99. The van der Waals surface area contributed by atoms with Gasteiger partial charge in [-0.3, -0.25) is 0 Å². The van der Waals surface area contributed by atoms with Gasteiger partial charge in [0.1, 0.15) is 11.5 Å². The number of thioether (sulfide) groups is 1. The Kier molecular flexibility index (Phi) is 5.27. The van der Waals surface area contributed by atoms with Crippen LogP contribution in [-0.4, -0.2) is 44.2 Å². The molecule has 2 aromatic carbocycles. The summed E-state index contributed by atoms with van der Waals surface area (Å²) < 4.78 is 3.93. The summed E-state index contributed by atoms with van der Waals surface area (Å²) in [4.78, 5) is 12.0. The van der Waals surface area contributed by atoms with E-state index in [1.807, 2.05) is 23.2 Å². The van der Waals surface area contributed by atoms with Gasteiger partial charge in [0.2, 0.25) is 5.95 Å². The van der Waals surface area contributed by atoms with Crippen molar-refractivity contribution in [2.75, 3.05) is 34.8 Å². The van der Waals surface area contributed by atoms with E-state index in [1.165, 1.54) is 17.1 Å². The van der Waals surface area contributed by atoms with Crippen LogP contribution in [0.15, 0.2) is 53.9 Å². The number of nitrogens with one attached hydrogen (secondary N) is 1. The summed E-state index contributed by atoms with van der Waals surface area (Å²) in [5.74, 6) is 3.98. The smallest absolute Gasteiger partial charge is 0.225 e. The number of hydrogen-bond acceptors (Lipinski definition) is 8. The first-order valence-electron chi connectivity index (χ1n) is 9.56. The molecule has 0 aliphatic carbocycles. The standard InChI is InChI=1S/C21H20N6S2/c1-2-4-18-17(3-1)20(27-9-11-28-12-10-27)24-21(23-18)22-13-15-5-7-16(8-6-15)19-14-29-26-25-19/h1-8,14H,9-13H2,(H,22,23,24). The Labute approximate surface area is 177 Å². The minimum atomic E-state index is 0.670. The average molecular weight is 421 g/mol. The molecule has 2 aromatic heterocycles. The van der Waals surface area contributed by atoms with Crippen LogP contribution in [0.1, 0.15) is 5.56 Å². The van der Waals surface area contributed by atoms with Crippen LogP contribution in [-0.2, 0) is 6.54 Å². The minimum absolute atomic E-state index is 0.670. The molecule has 0 amide bonds. The number of para-hydroxylation sites is 1. The van der Waals surface area contributed by atoms with Crippen LogP contribution in [0.3, 0.4) is 0 Å². The predicted molar refractivity (Wildman–Crippen MR) is 122 cm³/mol. The third-order valence-electron chi connectivity index (χ3n) is 4.95.